The zero-order valence-electron chi connectivity index (χ0n) is 22.7. The third-order valence-corrected chi connectivity index (χ3v) is 7.23. The van der Waals surface area contributed by atoms with Gasteiger partial charge in [-0.3, -0.25) is 9.69 Å². The van der Waals surface area contributed by atoms with Crippen molar-refractivity contribution < 1.29 is 14.3 Å². The summed E-state index contributed by atoms with van der Waals surface area (Å²) in [5.41, 5.74) is 6.06. The van der Waals surface area contributed by atoms with Gasteiger partial charge in [-0.25, -0.2) is 4.79 Å². The third-order valence-electron chi connectivity index (χ3n) is 7.23. The van der Waals surface area contributed by atoms with Gasteiger partial charge >= 0.3 is 6.03 Å². The van der Waals surface area contributed by atoms with Gasteiger partial charge in [-0.05, 0) is 87.4 Å². The van der Waals surface area contributed by atoms with Crippen molar-refractivity contribution >= 4 is 29.0 Å². The fourth-order valence-corrected chi connectivity index (χ4v) is 5.23. The summed E-state index contributed by atoms with van der Waals surface area (Å²) in [6.45, 7) is 6.10. The summed E-state index contributed by atoms with van der Waals surface area (Å²) in [5.74, 6) is 0.622. The van der Waals surface area contributed by atoms with Crippen LogP contribution in [0.2, 0.25) is 0 Å². The van der Waals surface area contributed by atoms with Gasteiger partial charge < -0.3 is 15.0 Å². The molecule has 39 heavy (non-hydrogen) atoms. The smallest absolute Gasteiger partial charge is 0.326 e. The number of carbonyl (C=O) groups is 2. The lowest BCUT2D eigenvalue weighted by Crippen LogP contribution is -2.48. The molecule has 0 aliphatic carbocycles. The molecule has 2 atom stereocenters. The number of fused-ring (bicyclic) bond motifs is 1. The van der Waals surface area contributed by atoms with Crippen LogP contribution in [0, 0.1) is 13.8 Å². The molecule has 0 aromatic heterocycles. The van der Waals surface area contributed by atoms with E-state index in [0.29, 0.717) is 17.7 Å². The van der Waals surface area contributed by atoms with Gasteiger partial charge in [0.15, 0.2) is 0 Å². The van der Waals surface area contributed by atoms with Crippen LogP contribution in [-0.2, 0) is 0 Å². The van der Waals surface area contributed by atoms with Gasteiger partial charge in [0.25, 0.3) is 5.91 Å². The van der Waals surface area contributed by atoms with Crippen molar-refractivity contribution in [2.75, 3.05) is 22.2 Å². The lowest BCUT2D eigenvalue weighted by Gasteiger charge is -2.43. The molecule has 1 heterocycles. The van der Waals surface area contributed by atoms with Gasteiger partial charge in [0, 0.05) is 28.7 Å². The summed E-state index contributed by atoms with van der Waals surface area (Å²) >= 11 is 0. The maximum absolute atomic E-state index is 13.9. The zero-order chi connectivity index (χ0) is 27.5. The van der Waals surface area contributed by atoms with Gasteiger partial charge in [-0.15, -0.1) is 0 Å². The number of amides is 3. The van der Waals surface area contributed by atoms with Gasteiger partial charge in [0.05, 0.1) is 13.2 Å². The molecule has 5 rings (SSSR count). The molecular formula is C33H33N3O3. The number of aryl methyl sites for hydroxylation is 2. The molecule has 3 amide bonds. The Kier molecular flexibility index (Phi) is 7.37. The number of methoxy groups -OCH3 is 1. The van der Waals surface area contributed by atoms with E-state index in [1.165, 1.54) is 0 Å². The number of anilines is 3. The molecular weight excluding hydrogens is 486 g/mol. The maximum Gasteiger partial charge on any atom is 0.326 e. The number of hydrogen-bond donors (Lipinski definition) is 1. The van der Waals surface area contributed by atoms with Crippen LogP contribution in [0.3, 0.4) is 0 Å². The fourth-order valence-electron chi connectivity index (χ4n) is 5.23. The van der Waals surface area contributed by atoms with E-state index in [1.54, 1.807) is 31.4 Å². The monoisotopic (exact) mass is 519 g/mol. The number of rotatable bonds is 5. The molecule has 4 aromatic rings. The molecule has 0 radical (unpaired) electrons. The topological polar surface area (TPSA) is 61.9 Å². The molecule has 6 heteroatoms. The normalized spacial score (nSPS) is 16.3. The molecule has 1 aliphatic heterocycles. The van der Waals surface area contributed by atoms with E-state index < -0.39 is 0 Å². The number of benzene rings is 4. The minimum atomic E-state index is -0.277. The fraction of sp³-hybridized carbons (Fsp3) is 0.212. The molecule has 0 bridgehead atoms. The predicted octanol–water partition coefficient (Wildman–Crippen LogP) is 7.53. The van der Waals surface area contributed by atoms with Crippen LogP contribution < -0.4 is 19.9 Å². The third kappa shape index (κ3) is 5.36. The molecule has 4 aromatic carbocycles. The summed E-state index contributed by atoms with van der Waals surface area (Å²) in [5, 5.41) is 3.08. The molecule has 0 saturated carbocycles. The predicted molar refractivity (Wildman–Crippen MR) is 157 cm³/mol. The molecule has 198 valence electrons. The van der Waals surface area contributed by atoms with Crippen molar-refractivity contribution in [3.05, 3.63) is 119 Å². The zero-order valence-corrected chi connectivity index (χ0v) is 22.7. The Hall–Kier alpha value is -4.58. The number of nitrogens with one attached hydrogen (secondary N) is 1. The molecule has 0 spiro atoms. The standard InChI is InChI=1S/C33H33N3O3/c1-22-10-15-27(16-11-22)36(33(38)34-26-8-6-5-7-9-26)31-21-24(3)35(30-19-12-23(2)20-29(30)31)32(37)25-13-17-28(39-4)18-14-25/h5-20,24,31H,21H2,1-4H3,(H,34,38)/t24-,31-/m1/s1. The second-order valence-corrected chi connectivity index (χ2v) is 10.1. The van der Waals surface area contributed by atoms with E-state index in [1.807, 2.05) is 97.3 Å². The largest absolute Gasteiger partial charge is 0.497 e. The van der Waals surface area contributed by atoms with Crippen LogP contribution in [0.5, 0.6) is 5.75 Å². The molecule has 1 N–H and O–H groups in total. The molecule has 1 aliphatic rings. The van der Waals surface area contributed by atoms with Crippen LogP contribution in [0.25, 0.3) is 0 Å². The van der Waals surface area contributed by atoms with E-state index in [9.17, 15) is 9.59 Å². The molecule has 0 unspecified atom stereocenters. The first-order valence-electron chi connectivity index (χ1n) is 13.2. The first-order chi connectivity index (χ1) is 18.9. The van der Waals surface area contributed by atoms with E-state index in [4.69, 9.17) is 4.74 Å². The van der Waals surface area contributed by atoms with Crippen LogP contribution in [-0.4, -0.2) is 25.1 Å². The average Bonchev–Trinajstić information content (AvgIpc) is 2.95. The minimum Gasteiger partial charge on any atom is -0.497 e. The Morgan fingerprint density at radius 2 is 1.54 bits per heavy atom. The SMILES string of the molecule is COc1ccc(C(=O)N2c3ccc(C)cc3[C@H](N(C(=O)Nc3ccccc3)c3ccc(C)cc3)C[C@H]2C)cc1. The highest BCUT2D eigenvalue weighted by molar-refractivity contribution is 6.08. The Labute approximate surface area is 229 Å². The number of para-hydroxylation sites is 1. The van der Waals surface area contributed by atoms with Crippen molar-refractivity contribution in [3.8, 4) is 5.75 Å². The van der Waals surface area contributed by atoms with Crippen molar-refractivity contribution in [3.63, 3.8) is 0 Å². The number of hydrogen-bond acceptors (Lipinski definition) is 3. The van der Waals surface area contributed by atoms with Crippen LogP contribution >= 0.6 is 0 Å². The molecule has 6 nitrogen and oxygen atoms in total. The van der Waals surface area contributed by atoms with Gasteiger partial charge in [-0.2, -0.15) is 0 Å². The minimum absolute atomic E-state index is 0.0793. The number of carbonyl (C=O) groups excluding carboxylic acids is 2. The summed E-state index contributed by atoms with van der Waals surface area (Å²) in [6, 6.07) is 30.1. The van der Waals surface area contributed by atoms with Gasteiger partial charge in [0.2, 0.25) is 0 Å². The lowest BCUT2D eigenvalue weighted by atomic mass is 9.88. The van der Waals surface area contributed by atoms with E-state index >= 15 is 0 Å². The number of nitrogens with zero attached hydrogens (tertiary/aromatic N) is 2. The first kappa shape index (κ1) is 26.0. The molecule has 0 fully saturated rings. The second-order valence-electron chi connectivity index (χ2n) is 10.1. The highest BCUT2D eigenvalue weighted by Gasteiger charge is 2.39. The van der Waals surface area contributed by atoms with Gasteiger partial charge in [0.1, 0.15) is 5.75 Å². The quantitative estimate of drug-likeness (QED) is 0.296. The van der Waals surface area contributed by atoms with Crippen molar-refractivity contribution in [1.82, 2.24) is 0 Å². The van der Waals surface area contributed by atoms with Crippen LogP contribution in [0.1, 0.15) is 46.4 Å². The van der Waals surface area contributed by atoms with Gasteiger partial charge in [-0.1, -0.05) is 53.6 Å². The molecule has 0 saturated heterocycles. The average molecular weight is 520 g/mol. The van der Waals surface area contributed by atoms with Crippen LogP contribution in [0.4, 0.5) is 21.9 Å². The Morgan fingerprint density at radius 1 is 0.872 bits per heavy atom. The number of ether oxygens (including phenoxy) is 1. The van der Waals surface area contributed by atoms with Crippen molar-refractivity contribution in [2.45, 2.75) is 39.3 Å². The van der Waals surface area contributed by atoms with Crippen LogP contribution in [0.15, 0.2) is 97.1 Å². The lowest BCUT2D eigenvalue weighted by molar-refractivity contribution is 0.0973. The Bertz CT molecular complexity index is 1470. The van der Waals surface area contributed by atoms with E-state index in [0.717, 1.165) is 33.8 Å². The number of urea groups is 1. The summed E-state index contributed by atoms with van der Waals surface area (Å²) in [4.78, 5) is 31.4. The maximum atomic E-state index is 13.9. The summed E-state index contributed by atoms with van der Waals surface area (Å²) in [7, 11) is 1.61. The summed E-state index contributed by atoms with van der Waals surface area (Å²) in [6.07, 6.45) is 0.578. The van der Waals surface area contributed by atoms with Crippen molar-refractivity contribution in [2.24, 2.45) is 0 Å². The van der Waals surface area contributed by atoms with E-state index in [2.05, 4.69) is 11.4 Å². The van der Waals surface area contributed by atoms with E-state index in [-0.39, 0.29) is 24.0 Å². The highest BCUT2D eigenvalue weighted by Crippen LogP contribution is 2.43. The second kappa shape index (κ2) is 11.0. The Balaban J connectivity index is 1.58. The summed E-state index contributed by atoms with van der Waals surface area (Å²) < 4.78 is 5.27. The first-order valence-corrected chi connectivity index (χ1v) is 13.2. The highest BCUT2D eigenvalue weighted by atomic mass is 16.5. The Morgan fingerprint density at radius 3 is 2.21 bits per heavy atom. The van der Waals surface area contributed by atoms with Crippen molar-refractivity contribution in [1.29, 1.82) is 0 Å².